The molecule has 0 spiro atoms. The maximum Gasteiger partial charge on any atom is 0.241 e. The van der Waals surface area contributed by atoms with E-state index in [1.807, 2.05) is 13.0 Å². The van der Waals surface area contributed by atoms with Crippen LogP contribution in [0.4, 0.5) is 0 Å². The Labute approximate surface area is 147 Å². The minimum Gasteiger partial charge on any atom is -0.295 e. The van der Waals surface area contributed by atoms with Crippen LogP contribution in [0.2, 0.25) is 0 Å². The SMILES string of the molecule is C=C(C(C)=O)[C@@H](NS(=O)(=O)c1ccc(C)cc1)c1cccc(C#N)c1. The molecule has 2 rings (SSSR count). The largest absolute Gasteiger partial charge is 0.295 e. The molecule has 0 aromatic heterocycles. The van der Waals surface area contributed by atoms with Gasteiger partial charge in [-0.15, -0.1) is 0 Å². The zero-order valence-electron chi connectivity index (χ0n) is 14.0. The highest BCUT2D eigenvalue weighted by molar-refractivity contribution is 7.89. The van der Waals surface area contributed by atoms with Gasteiger partial charge in [0.2, 0.25) is 10.0 Å². The summed E-state index contributed by atoms with van der Waals surface area (Å²) in [6.07, 6.45) is 0. The van der Waals surface area contributed by atoms with Gasteiger partial charge >= 0.3 is 0 Å². The average molecular weight is 354 g/mol. The second-order valence-corrected chi connectivity index (χ2v) is 7.40. The maximum absolute atomic E-state index is 12.7. The van der Waals surface area contributed by atoms with Gasteiger partial charge < -0.3 is 0 Å². The summed E-state index contributed by atoms with van der Waals surface area (Å²) in [4.78, 5) is 11.9. The normalized spacial score (nSPS) is 12.2. The van der Waals surface area contributed by atoms with Crippen molar-refractivity contribution in [3.63, 3.8) is 0 Å². The third-order valence-corrected chi connectivity index (χ3v) is 5.19. The van der Waals surface area contributed by atoms with Crippen LogP contribution in [0.5, 0.6) is 0 Å². The van der Waals surface area contributed by atoms with Gasteiger partial charge in [0.25, 0.3) is 0 Å². The first kappa shape index (κ1) is 18.6. The lowest BCUT2D eigenvalue weighted by Crippen LogP contribution is -2.31. The smallest absolute Gasteiger partial charge is 0.241 e. The van der Waals surface area contributed by atoms with Crippen molar-refractivity contribution in [3.8, 4) is 6.07 Å². The van der Waals surface area contributed by atoms with E-state index in [0.29, 0.717) is 11.1 Å². The van der Waals surface area contributed by atoms with Gasteiger partial charge in [0.1, 0.15) is 0 Å². The van der Waals surface area contributed by atoms with E-state index in [9.17, 15) is 13.2 Å². The molecule has 5 nitrogen and oxygen atoms in total. The number of nitrogens with zero attached hydrogens (tertiary/aromatic N) is 1. The van der Waals surface area contributed by atoms with E-state index in [2.05, 4.69) is 11.3 Å². The number of carbonyl (C=O) groups is 1. The van der Waals surface area contributed by atoms with Crippen molar-refractivity contribution in [2.75, 3.05) is 0 Å². The van der Waals surface area contributed by atoms with E-state index < -0.39 is 16.1 Å². The van der Waals surface area contributed by atoms with Crippen molar-refractivity contribution in [2.45, 2.75) is 24.8 Å². The molecule has 0 bridgehead atoms. The Hall–Kier alpha value is -2.75. The first-order chi connectivity index (χ1) is 11.7. The highest BCUT2D eigenvalue weighted by Gasteiger charge is 2.25. The van der Waals surface area contributed by atoms with Crippen LogP contribution in [0.25, 0.3) is 0 Å². The highest BCUT2D eigenvalue weighted by Crippen LogP contribution is 2.25. The summed E-state index contributed by atoms with van der Waals surface area (Å²) in [5, 5.41) is 9.05. The molecular weight excluding hydrogens is 336 g/mol. The molecule has 6 heteroatoms. The van der Waals surface area contributed by atoms with Gasteiger partial charge in [0.05, 0.1) is 22.6 Å². The van der Waals surface area contributed by atoms with Gasteiger partial charge in [-0.3, -0.25) is 4.79 Å². The van der Waals surface area contributed by atoms with Gasteiger partial charge in [0.15, 0.2) is 5.78 Å². The van der Waals surface area contributed by atoms with Crippen LogP contribution in [0.1, 0.15) is 29.7 Å². The predicted molar refractivity (Wildman–Crippen MR) is 95.2 cm³/mol. The number of hydrogen-bond donors (Lipinski definition) is 1. The minimum atomic E-state index is -3.87. The monoisotopic (exact) mass is 354 g/mol. The third-order valence-electron chi connectivity index (χ3n) is 3.75. The zero-order valence-corrected chi connectivity index (χ0v) is 14.8. The molecule has 0 amide bonds. The number of nitriles is 1. The van der Waals surface area contributed by atoms with E-state index >= 15 is 0 Å². The van der Waals surface area contributed by atoms with Gasteiger partial charge in [-0.1, -0.05) is 36.4 Å². The molecule has 0 saturated carbocycles. The summed E-state index contributed by atoms with van der Waals surface area (Å²) in [6.45, 7) is 6.90. The molecule has 25 heavy (non-hydrogen) atoms. The molecule has 2 aromatic rings. The number of aryl methyl sites for hydroxylation is 1. The fourth-order valence-electron chi connectivity index (χ4n) is 2.27. The van der Waals surface area contributed by atoms with Crippen LogP contribution < -0.4 is 4.72 Å². The predicted octanol–water partition coefficient (Wildman–Crippen LogP) is 3.03. The van der Waals surface area contributed by atoms with E-state index in [4.69, 9.17) is 5.26 Å². The van der Waals surface area contributed by atoms with Gasteiger partial charge in [-0.05, 0) is 43.7 Å². The van der Waals surface area contributed by atoms with Crippen molar-refractivity contribution in [2.24, 2.45) is 0 Å². The van der Waals surface area contributed by atoms with Crippen molar-refractivity contribution in [3.05, 3.63) is 77.4 Å². The lowest BCUT2D eigenvalue weighted by Gasteiger charge is -2.20. The molecule has 1 N–H and O–H groups in total. The Morgan fingerprint density at radius 3 is 2.40 bits per heavy atom. The summed E-state index contributed by atoms with van der Waals surface area (Å²) in [5.41, 5.74) is 1.89. The lowest BCUT2D eigenvalue weighted by atomic mass is 9.97. The fraction of sp³-hybridized carbons (Fsp3) is 0.158. The minimum absolute atomic E-state index is 0.0934. The molecule has 0 aliphatic heterocycles. The first-order valence-corrected chi connectivity index (χ1v) is 9.01. The summed E-state index contributed by atoms with van der Waals surface area (Å²) in [7, 11) is -3.87. The lowest BCUT2D eigenvalue weighted by molar-refractivity contribution is -0.113. The summed E-state index contributed by atoms with van der Waals surface area (Å²) >= 11 is 0. The van der Waals surface area contributed by atoms with Crippen LogP contribution >= 0.6 is 0 Å². The zero-order chi connectivity index (χ0) is 18.6. The topological polar surface area (TPSA) is 87.0 Å². The van der Waals surface area contributed by atoms with E-state index in [-0.39, 0.29) is 16.3 Å². The van der Waals surface area contributed by atoms with Crippen LogP contribution in [0, 0.1) is 18.3 Å². The number of benzene rings is 2. The Morgan fingerprint density at radius 2 is 1.84 bits per heavy atom. The van der Waals surface area contributed by atoms with Gasteiger partial charge in [-0.2, -0.15) is 9.98 Å². The quantitative estimate of drug-likeness (QED) is 0.808. The Kier molecular flexibility index (Phi) is 5.52. The molecule has 0 radical (unpaired) electrons. The summed E-state index contributed by atoms with van der Waals surface area (Å²) in [6, 6.07) is 13.9. The van der Waals surface area contributed by atoms with Crippen molar-refractivity contribution in [1.82, 2.24) is 4.72 Å². The molecule has 0 aliphatic rings. The molecule has 2 aromatic carbocycles. The van der Waals surface area contributed by atoms with Crippen molar-refractivity contribution < 1.29 is 13.2 Å². The molecule has 0 heterocycles. The fourth-order valence-corrected chi connectivity index (χ4v) is 3.49. The van der Waals surface area contributed by atoms with E-state index in [1.165, 1.54) is 25.1 Å². The van der Waals surface area contributed by atoms with Crippen LogP contribution in [0.3, 0.4) is 0 Å². The molecule has 0 saturated heterocycles. The summed E-state index contributed by atoms with van der Waals surface area (Å²) in [5.74, 6) is -0.334. The maximum atomic E-state index is 12.7. The number of carbonyl (C=O) groups excluding carboxylic acids is 1. The van der Waals surface area contributed by atoms with Crippen LogP contribution in [0.15, 0.2) is 65.6 Å². The molecule has 1 atom stereocenters. The molecule has 0 aliphatic carbocycles. The van der Waals surface area contributed by atoms with Crippen LogP contribution in [-0.2, 0) is 14.8 Å². The molecule has 128 valence electrons. The van der Waals surface area contributed by atoms with Crippen LogP contribution in [-0.4, -0.2) is 14.2 Å². The second-order valence-electron chi connectivity index (χ2n) is 5.69. The van der Waals surface area contributed by atoms with Gasteiger partial charge in [0, 0.05) is 5.57 Å². The Bertz CT molecular complexity index is 955. The average Bonchev–Trinajstić information content (AvgIpc) is 2.59. The van der Waals surface area contributed by atoms with Crippen molar-refractivity contribution >= 4 is 15.8 Å². The van der Waals surface area contributed by atoms with E-state index in [0.717, 1.165) is 5.56 Å². The number of ketones is 1. The third kappa shape index (κ3) is 4.41. The number of sulfonamides is 1. The first-order valence-electron chi connectivity index (χ1n) is 7.53. The number of hydrogen-bond acceptors (Lipinski definition) is 4. The van der Waals surface area contributed by atoms with Crippen molar-refractivity contribution in [1.29, 1.82) is 5.26 Å². The molecule has 0 fully saturated rings. The summed E-state index contributed by atoms with van der Waals surface area (Å²) < 4.78 is 27.9. The molecular formula is C19H18N2O3S. The number of rotatable bonds is 6. The highest BCUT2D eigenvalue weighted by atomic mass is 32.2. The number of Topliss-reactive ketones (excluding diaryl/α,β-unsaturated/α-hetero) is 1. The van der Waals surface area contributed by atoms with E-state index in [1.54, 1.807) is 30.3 Å². The second kappa shape index (κ2) is 7.43. The standard InChI is InChI=1S/C19H18N2O3S/c1-13-7-9-18(10-8-13)25(23,24)21-19(14(2)15(3)22)17-6-4-5-16(11-17)12-20/h4-11,19,21H,2H2,1,3H3/t19-/m1/s1. The van der Waals surface area contributed by atoms with Gasteiger partial charge in [-0.25, -0.2) is 8.42 Å². The number of nitrogens with one attached hydrogen (secondary N) is 1. The molecule has 0 unspecified atom stereocenters. The Balaban J connectivity index is 2.46. The Morgan fingerprint density at radius 1 is 1.20 bits per heavy atom.